The molecule has 4 N–H and O–H groups in total. The molecule has 3 atom stereocenters. The molecule has 0 aromatic heterocycles. The van der Waals surface area contributed by atoms with Gasteiger partial charge in [0.2, 0.25) is 11.8 Å². The molecular weight excluding hydrogens is 578 g/mol. The Morgan fingerprint density at radius 1 is 0.841 bits per heavy atom. The molecule has 4 rings (SSSR count). The number of carbonyl (C=O) groups is 4. The predicted molar refractivity (Wildman–Crippen MR) is 171 cm³/mol. The summed E-state index contributed by atoms with van der Waals surface area (Å²) in [5, 5.41) is 17.6. The molecule has 3 amide bonds. The van der Waals surface area contributed by atoms with Crippen molar-refractivity contribution in [2.45, 2.75) is 43.3 Å². The van der Waals surface area contributed by atoms with Crippen LogP contribution in [0.3, 0.4) is 0 Å². The standard InChI is InChI=1S/C34H37N3O6S/c1-3-11-28(31(38)36-30(33(40)41)20-22-12-5-4-6-13-22)35-32(39)29(18-19-44-2)37-34(42)43-21-27-25-16-9-7-14-23(25)24-15-8-10-17-26(24)27/h3-10,12-17,27-30H,1,11,18-21H2,2H3,(H,35,39)(H,36,38)(H,37,42)(H,40,41)/t28-,29+,30-/m1/s1. The lowest BCUT2D eigenvalue weighted by molar-refractivity contribution is -0.142. The minimum atomic E-state index is -1.19. The van der Waals surface area contributed by atoms with E-state index in [2.05, 4.69) is 22.5 Å². The van der Waals surface area contributed by atoms with E-state index < -0.39 is 42.0 Å². The molecule has 0 radical (unpaired) electrons. The van der Waals surface area contributed by atoms with E-state index in [1.807, 2.05) is 60.9 Å². The van der Waals surface area contributed by atoms with Crippen molar-refractivity contribution < 1.29 is 29.0 Å². The summed E-state index contributed by atoms with van der Waals surface area (Å²) < 4.78 is 5.64. The van der Waals surface area contributed by atoms with Crippen molar-refractivity contribution in [2.24, 2.45) is 0 Å². The second-order valence-electron chi connectivity index (χ2n) is 10.5. The normalized spacial score (nSPS) is 13.8. The Kier molecular flexibility index (Phi) is 11.6. The highest BCUT2D eigenvalue weighted by Gasteiger charge is 2.31. The quantitative estimate of drug-likeness (QED) is 0.185. The van der Waals surface area contributed by atoms with Crippen LogP contribution in [0.1, 0.15) is 35.4 Å². The molecule has 230 valence electrons. The summed E-state index contributed by atoms with van der Waals surface area (Å²) in [5.41, 5.74) is 5.10. The van der Waals surface area contributed by atoms with Gasteiger partial charge in [-0.05, 0) is 52.7 Å². The maximum atomic E-state index is 13.4. The lowest BCUT2D eigenvalue weighted by Crippen LogP contribution is -2.56. The molecule has 0 saturated heterocycles. The van der Waals surface area contributed by atoms with Crippen LogP contribution in [0.15, 0.2) is 91.5 Å². The zero-order valence-electron chi connectivity index (χ0n) is 24.5. The van der Waals surface area contributed by atoms with E-state index in [4.69, 9.17) is 4.74 Å². The number of benzene rings is 3. The van der Waals surface area contributed by atoms with Gasteiger partial charge in [-0.1, -0.05) is 84.9 Å². The first-order chi connectivity index (χ1) is 21.3. The third kappa shape index (κ3) is 8.29. The first kappa shape index (κ1) is 32.3. The van der Waals surface area contributed by atoms with E-state index in [0.29, 0.717) is 12.2 Å². The molecule has 0 unspecified atom stereocenters. The largest absolute Gasteiger partial charge is 0.480 e. The van der Waals surface area contributed by atoms with Gasteiger partial charge in [0.05, 0.1) is 0 Å². The second-order valence-corrected chi connectivity index (χ2v) is 11.5. The van der Waals surface area contributed by atoms with Crippen LogP contribution in [0, 0.1) is 0 Å². The second kappa shape index (κ2) is 15.8. The van der Waals surface area contributed by atoms with Crippen LogP contribution in [0.25, 0.3) is 11.1 Å². The highest BCUT2D eigenvalue weighted by molar-refractivity contribution is 7.98. The fourth-order valence-electron chi connectivity index (χ4n) is 5.28. The van der Waals surface area contributed by atoms with E-state index in [1.165, 1.54) is 17.8 Å². The molecule has 0 aliphatic heterocycles. The monoisotopic (exact) mass is 615 g/mol. The number of carboxylic acids is 1. The lowest BCUT2D eigenvalue weighted by Gasteiger charge is -2.24. The Morgan fingerprint density at radius 3 is 2.00 bits per heavy atom. The first-order valence-electron chi connectivity index (χ1n) is 14.4. The van der Waals surface area contributed by atoms with Crippen molar-refractivity contribution in [3.8, 4) is 11.1 Å². The molecule has 0 heterocycles. The Labute approximate surface area is 261 Å². The molecule has 3 aromatic rings. The van der Waals surface area contributed by atoms with Crippen molar-refractivity contribution in [2.75, 3.05) is 18.6 Å². The highest BCUT2D eigenvalue weighted by atomic mass is 32.2. The Balaban J connectivity index is 1.39. The van der Waals surface area contributed by atoms with E-state index in [0.717, 1.165) is 27.8 Å². The van der Waals surface area contributed by atoms with Gasteiger partial charge in [0.1, 0.15) is 24.7 Å². The van der Waals surface area contributed by atoms with Crippen LogP contribution in [0.5, 0.6) is 0 Å². The number of rotatable bonds is 15. The molecule has 9 nitrogen and oxygen atoms in total. The molecule has 10 heteroatoms. The maximum Gasteiger partial charge on any atom is 0.407 e. The van der Waals surface area contributed by atoms with E-state index in [-0.39, 0.29) is 25.4 Å². The summed E-state index contributed by atoms with van der Waals surface area (Å²) in [7, 11) is 0. The Hall–Kier alpha value is -4.57. The van der Waals surface area contributed by atoms with Crippen LogP contribution in [-0.4, -0.2) is 65.7 Å². The van der Waals surface area contributed by atoms with Crippen molar-refractivity contribution in [1.29, 1.82) is 0 Å². The van der Waals surface area contributed by atoms with Crippen molar-refractivity contribution >= 4 is 35.6 Å². The number of carboxylic acid groups (broad SMARTS) is 1. The van der Waals surface area contributed by atoms with E-state index in [9.17, 15) is 24.3 Å². The van der Waals surface area contributed by atoms with Crippen LogP contribution in [-0.2, 0) is 25.5 Å². The number of ether oxygens (including phenoxy) is 1. The van der Waals surface area contributed by atoms with Gasteiger partial charge < -0.3 is 25.8 Å². The summed E-state index contributed by atoms with van der Waals surface area (Å²) in [6, 6.07) is 21.7. The average molecular weight is 616 g/mol. The molecule has 0 spiro atoms. The fraction of sp³-hybridized carbons (Fsp3) is 0.294. The van der Waals surface area contributed by atoms with E-state index >= 15 is 0 Å². The van der Waals surface area contributed by atoms with Crippen LogP contribution in [0.2, 0.25) is 0 Å². The molecule has 0 bridgehead atoms. The lowest BCUT2D eigenvalue weighted by atomic mass is 9.98. The molecule has 1 aliphatic rings. The van der Waals surface area contributed by atoms with Gasteiger partial charge in [0.15, 0.2) is 0 Å². The Bertz CT molecular complexity index is 1440. The van der Waals surface area contributed by atoms with Crippen LogP contribution >= 0.6 is 11.8 Å². The number of alkyl carbamates (subject to hydrolysis) is 1. The smallest absolute Gasteiger partial charge is 0.407 e. The van der Waals surface area contributed by atoms with Crippen molar-refractivity contribution in [3.05, 3.63) is 108 Å². The number of nitrogens with one attached hydrogen (secondary N) is 3. The predicted octanol–water partition coefficient (Wildman–Crippen LogP) is 4.52. The zero-order valence-corrected chi connectivity index (χ0v) is 25.3. The number of aliphatic carboxylic acids is 1. The summed E-state index contributed by atoms with van der Waals surface area (Å²) in [4.78, 5) is 51.3. The van der Waals surface area contributed by atoms with Gasteiger partial charge in [0, 0.05) is 12.3 Å². The maximum absolute atomic E-state index is 13.4. The summed E-state index contributed by atoms with van der Waals surface area (Å²) in [5.74, 6) is -2.00. The third-order valence-corrected chi connectivity index (χ3v) is 8.14. The van der Waals surface area contributed by atoms with Crippen molar-refractivity contribution in [1.82, 2.24) is 16.0 Å². The topological polar surface area (TPSA) is 134 Å². The summed E-state index contributed by atoms with van der Waals surface area (Å²) in [6.07, 6.45) is 3.05. The van der Waals surface area contributed by atoms with Gasteiger partial charge in [-0.3, -0.25) is 9.59 Å². The summed E-state index contributed by atoms with van der Waals surface area (Å²) >= 11 is 1.51. The number of thioether (sulfide) groups is 1. The number of carbonyl (C=O) groups excluding carboxylic acids is 3. The summed E-state index contributed by atoms with van der Waals surface area (Å²) in [6.45, 7) is 3.76. The van der Waals surface area contributed by atoms with Gasteiger partial charge in [-0.15, -0.1) is 6.58 Å². The number of fused-ring (bicyclic) bond motifs is 3. The Morgan fingerprint density at radius 2 is 1.41 bits per heavy atom. The van der Waals surface area contributed by atoms with Crippen LogP contribution < -0.4 is 16.0 Å². The fourth-order valence-corrected chi connectivity index (χ4v) is 5.75. The van der Waals surface area contributed by atoms with Gasteiger partial charge in [-0.2, -0.15) is 11.8 Å². The van der Waals surface area contributed by atoms with E-state index in [1.54, 1.807) is 24.3 Å². The third-order valence-electron chi connectivity index (χ3n) is 7.50. The molecular formula is C34H37N3O6S. The highest BCUT2D eigenvalue weighted by Crippen LogP contribution is 2.44. The number of hydrogen-bond acceptors (Lipinski definition) is 6. The van der Waals surface area contributed by atoms with Gasteiger partial charge in [-0.25, -0.2) is 9.59 Å². The minimum Gasteiger partial charge on any atom is -0.480 e. The zero-order chi connectivity index (χ0) is 31.5. The SMILES string of the molecule is C=CC[C@@H](NC(=O)[C@H](CCSC)NC(=O)OCC1c2ccccc2-c2ccccc21)C(=O)N[C@H](Cc1ccccc1)C(=O)O. The average Bonchev–Trinajstić information content (AvgIpc) is 3.35. The number of amides is 3. The molecule has 0 fully saturated rings. The van der Waals surface area contributed by atoms with Crippen molar-refractivity contribution in [3.63, 3.8) is 0 Å². The molecule has 1 aliphatic carbocycles. The number of hydrogen-bond donors (Lipinski definition) is 4. The molecule has 0 saturated carbocycles. The van der Waals surface area contributed by atoms with Gasteiger partial charge in [0.25, 0.3) is 0 Å². The minimum absolute atomic E-state index is 0.0649. The molecule has 3 aromatic carbocycles. The van der Waals surface area contributed by atoms with Crippen LogP contribution in [0.4, 0.5) is 4.79 Å². The van der Waals surface area contributed by atoms with Gasteiger partial charge >= 0.3 is 12.1 Å². The molecule has 44 heavy (non-hydrogen) atoms. The first-order valence-corrected chi connectivity index (χ1v) is 15.8.